The van der Waals surface area contributed by atoms with Crippen molar-refractivity contribution in [1.29, 1.82) is 0 Å². The fourth-order valence-electron chi connectivity index (χ4n) is 2.06. The summed E-state index contributed by atoms with van der Waals surface area (Å²) >= 11 is 0. The van der Waals surface area contributed by atoms with Crippen LogP contribution in [0.2, 0.25) is 0 Å². The molecule has 2 aromatic heterocycles. The molecule has 0 aliphatic carbocycles. The van der Waals surface area contributed by atoms with E-state index in [9.17, 15) is 0 Å². The Kier molecular flexibility index (Phi) is 4.12. The van der Waals surface area contributed by atoms with Crippen molar-refractivity contribution in [3.63, 3.8) is 0 Å². The van der Waals surface area contributed by atoms with Crippen LogP contribution >= 0.6 is 0 Å². The van der Waals surface area contributed by atoms with Gasteiger partial charge in [-0.05, 0) is 25.1 Å². The lowest BCUT2D eigenvalue weighted by Gasteiger charge is -2.19. The predicted molar refractivity (Wildman–Crippen MR) is 69.8 cm³/mol. The first-order valence-electron chi connectivity index (χ1n) is 6.18. The molecule has 0 aromatic carbocycles. The van der Waals surface area contributed by atoms with E-state index in [0.717, 1.165) is 37.4 Å². The molecule has 0 aliphatic rings. The Morgan fingerprint density at radius 2 is 2.24 bits per heavy atom. The van der Waals surface area contributed by atoms with Gasteiger partial charge in [-0.1, -0.05) is 13.0 Å². The molecule has 4 heteroatoms. The van der Waals surface area contributed by atoms with Crippen LogP contribution in [0.3, 0.4) is 0 Å². The number of pyridine rings is 1. The number of imidazole rings is 1. The predicted octanol–water partition coefficient (Wildman–Crippen LogP) is 1.50. The highest BCUT2D eigenvalue weighted by atomic mass is 15.1. The Balaban J connectivity index is 2.10. The lowest BCUT2D eigenvalue weighted by atomic mass is 10.3. The minimum absolute atomic E-state index is 0.702. The van der Waals surface area contributed by atoms with E-state index in [1.54, 1.807) is 0 Å². The lowest BCUT2D eigenvalue weighted by Crippen LogP contribution is -2.29. The van der Waals surface area contributed by atoms with Crippen molar-refractivity contribution in [1.82, 2.24) is 14.3 Å². The molecule has 0 unspecified atom stereocenters. The third-order valence-corrected chi connectivity index (χ3v) is 2.78. The van der Waals surface area contributed by atoms with Gasteiger partial charge >= 0.3 is 0 Å². The van der Waals surface area contributed by atoms with Crippen molar-refractivity contribution in [3.8, 4) is 0 Å². The molecule has 0 bridgehead atoms. The van der Waals surface area contributed by atoms with Crippen molar-refractivity contribution in [2.24, 2.45) is 5.73 Å². The number of nitrogens with two attached hydrogens (primary N) is 1. The van der Waals surface area contributed by atoms with Crippen LogP contribution in [0, 0.1) is 0 Å². The van der Waals surface area contributed by atoms with Crippen LogP contribution in [0.15, 0.2) is 30.6 Å². The van der Waals surface area contributed by atoms with Crippen molar-refractivity contribution in [3.05, 3.63) is 36.3 Å². The van der Waals surface area contributed by atoms with Crippen LogP contribution in [0.4, 0.5) is 0 Å². The number of aromatic nitrogens is 2. The molecule has 0 saturated heterocycles. The molecule has 92 valence electrons. The van der Waals surface area contributed by atoms with Gasteiger partial charge < -0.3 is 10.1 Å². The van der Waals surface area contributed by atoms with E-state index in [1.807, 2.05) is 24.4 Å². The van der Waals surface area contributed by atoms with Gasteiger partial charge in [0.1, 0.15) is 5.65 Å². The normalized spacial score (nSPS) is 11.5. The Morgan fingerprint density at radius 1 is 1.35 bits per heavy atom. The molecule has 17 heavy (non-hydrogen) atoms. The maximum atomic E-state index is 5.62. The molecule has 0 radical (unpaired) electrons. The van der Waals surface area contributed by atoms with Gasteiger partial charge in [0.2, 0.25) is 0 Å². The topological polar surface area (TPSA) is 46.6 Å². The molecule has 0 saturated carbocycles. The highest BCUT2D eigenvalue weighted by molar-refractivity contribution is 5.39. The standard InChI is InChI=1S/C13H20N4/c1-2-7-16(9-6-14)10-12-11-17-8-4-3-5-13(17)15-12/h3-5,8,11H,2,6-7,9-10,14H2,1H3. The Hall–Kier alpha value is -1.39. The highest BCUT2D eigenvalue weighted by Gasteiger charge is 2.07. The second-order valence-electron chi connectivity index (χ2n) is 4.26. The second-order valence-corrected chi connectivity index (χ2v) is 4.26. The van der Waals surface area contributed by atoms with Crippen LogP contribution in [0.25, 0.3) is 5.65 Å². The SMILES string of the molecule is CCCN(CCN)Cc1cn2ccccc2n1. The number of hydrogen-bond acceptors (Lipinski definition) is 3. The van der Waals surface area contributed by atoms with Crippen LogP contribution < -0.4 is 5.73 Å². The maximum absolute atomic E-state index is 5.62. The molecule has 2 aromatic rings. The molecule has 0 fully saturated rings. The van der Waals surface area contributed by atoms with E-state index in [1.165, 1.54) is 0 Å². The Labute approximate surface area is 102 Å². The third kappa shape index (κ3) is 3.05. The monoisotopic (exact) mass is 232 g/mol. The summed E-state index contributed by atoms with van der Waals surface area (Å²) in [6.07, 6.45) is 5.26. The minimum Gasteiger partial charge on any atom is -0.329 e. The average molecular weight is 232 g/mol. The molecular weight excluding hydrogens is 212 g/mol. The molecule has 0 aliphatic heterocycles. The van der Waals surface area contributed by atoms with Gasteiger partial charge in [-0.15, -0.1) is 0 Å². The summed E-state index contributed by atoms with van der Waals surface area (Å²) in [4.78, 5) is 6.95. The van der Waals surface area contributed by atoms with Gasteiger partial charge in [0.05, 0.1) is 5.69 Å². The molecule has 2 heterocycles. The quantitative estimate of drug-likeness (QED) is 0.821. The van der Waals surface area contributed by atoms with E-state index in [2.05, 4.69) is 27.4 Å². The number of nitrogens with zero attached hydrogens (tertiary/aromatic N) is 3. The van der Waals surface area contributed by atoms with Crippen molar-refractivity contribution >= 4 is 5.65 Å². The molecule has 4 nitrogen and oxygen atoms in total. The largest absolute Gasteiger partial charge is 0.329 e. The summed E-state index contributed by atoms with van der Waals surface area (Å²) in [6.45, 7) is 5.78. The van der Waals surface area contributed by atoms with Crippen molar-refractivity contribution < 1.29 is 0 Å². The third-order valence-electron chi connectivity index (χ3n) is 2.78. The molecule has 0 amide bonds. The van der Waals surface area contributed by atoms with E-state index >= 15 is 0 Å². The van der Waals surface area contributed by atoms with Gasteiger partial charge in [-0.2, -0.15) is 0 Å². The first-order chi connectivity index (χ1) is 8.33. The number of rotatable bonds is 6. The first-order valence-corrected chi connectivity index (χ1v) is 6.18. The van der Waals surface area contributed by atoms with E-state index < -0.39 is 0 Å². The number of fused-ring (bicyclic) bond motifs is 1. The summed E-state index contributed by atoms with van der Waals surface area (Å²) in [5.74, 6) is 0. The summed E-state index contributed by atoms with van der Waals surface area (Å²) in [5.41, 5.74) is 7.74. The lowest BCUT2D eigenvalue weighted by molar-refractivity contribution is 0.271. The second kappa shape index (κ2) is 5.80. The van der Waals surface area contributed by atoms with Crippen LogP contribution in [-0.4, -0.2) is 33.9 Å². The number of hydrogen-bond donors (Lipinski definition) is 1. The fraction of sp³-hybridized carbons (Fsp3) is 0.462. The van der Waals surface area contributed by atoms with Gasteiger partial charge in [-0.25, -0.2) is 4.98 Å². The van der Waals surface area contributed by atoms with E-state index in [-0.39, 0.29) is 0 Å². The maximum Gasteiger partial charge on any atom is 0.137 e. The fourth-order valence-corrected chi connectivity index (χ4v) is 2.06. The smallest absolute Gasteiger partial charge is 0.137 e. The van der Waals surface area contributed by atoms with Crippen molar-refractivity contribution in [2.75, 3.05) is 19.6 Å². The van der Waals surface area contributed by atoms with Crippen molar-refractivity contribution in [2.45, 2.75) is 19.9 Å². The summed E-state index contributed by atoms with van der Waals surface area (Å²) in [5, 5.41) is 0. The van der Waals surface area contributed by atoms with Crippen LogP contribution in [-0.2, 0) is 6.54 Å². The Morgan fingerprint density at radius 3 is 2.94 bits per heavy atom. The zero-order valence-electron chi connectivity index (χ0n) is 10.3. The zero-order chi connectivity index (χ0) is 12.1. The summed E-state index contributed by atoms with van der Waals surface area (Å²) in [6, 6.07) is 6.05. The summed E-state index contributed by atoms with van der Waals surface area (Å²) < 4.78 is 2.06. The van der Waals surface area contributed by atoms with Gasteiger partial charge in [0.25, 0.3) is 0 Å². The van der Waals surface area contributed by atoms with E-state index in [4.69, 9.17) is 5.73 Å². The van der Waals surface area contributed by atoms with Gasteiger partial charge in [-0.3, -0.25) is 4.90 Å². The Bertz CT molecular complexity index is 424. The average Bonchev–Trinajstić information content (AvgIpc) is 2.71. The first kappa shape index (κ1) is 12.1. The minimum atomic E-state index is 0.702. The molecular formula is C13H20N4. The highest BCUT2D eigenvalue weighted by Crippen LogP contribution is 2.07. The summed E-state index contributed by atoms with van der Waals surface area (Å²) in [7, 11) is 0. The molecule has 2 N–H and O–H groups in total. The van der Waals surface area contributed by atoms with Gasteiger partial charge in [0, 0.05) is 32.0 Å². The molecule has 0 atom stereocenters. The van der Waals surface area contributed by atoms with E-state index in [0.29, 0.717) is 6.54 Å². The molecule has 0 spiro atoms. The van der Waals surface area contributed by atoms with Crippen LogP contribution in [0.1, 0.15) is 19.0 Å². The molecule has 2 rings (SSSR count). The van der Waals surface area contributed by atoms with Gasteiger partial charge in [0.15, 0.2) is 0 Å². The zero-order valence-corrected chi connectivity index (χ0v) is 10.3. The van der Waals surface area contributed by atoms with Crippen LogP contribution in [0.5, 0.6) is 0 Å².